The van der Waals surface area contributed by atoms with Crippen LogP contribution in [0.15, 0.2) is 84.9 Å². The van der Waals surface area contributed by atoms with Crippen LogP contribution in [0.4, 0.5) is 0 Å². The number of aryl methyl sites for hydroxylation is 1. The number of hydrogen-bond donors (Lipinski definition) is 0. The first kappa shape index (κ1) is 22.8. The molecule has 0 aromatic heterocycles. The van der Waals surface area contributed by atoms with Crippen molar-refractivity contribution in [3.8, 4) is 11.1 Å². The summed E-state index contributed by atoms with van der Waals surface area (Å²) in [5.74, 6) is 0. The first-order valence-electron chi connectivity index (χ1n) is 8.94. The van der Waals surface area contributed by atoms with Gasteiger partial charge in [-0.2, -0.15) is 0 Å². The molecular formula is C25H19Cl2Zr. The van der Waals surface area contributed by atoms with E-state index in [-0.39, 0.29) is 51.0 Å². The van der Waals surface area contributed by atoms with Gasteiger partial charge >= 0.3 is 26.2 Å². The van der Waals surface area contributed by atoms with Crippen LogP contribution < -0.4 is 24.8 Å². The molecule has 0 atom stereocenters. The fraction of sp³-hybridized carbons (Fsp3) is 0.0800. The first-order valence-corrected chi connectivity index (χ1v) is 8.94. The van der Waals surface area contributed by atoms with Gasteiger partial charge in [-0.3, -0.25) is 0 Å². The molecule has 0 bridgehead atoms. The zero-order valence-corrected chi connectivity index (χ0v) is 19.5. The van der Waals surface area contributed by atoms with Crippen molar-refractivity contribution < 1.29 is 51.0 Å². The number of halogens is 2. The maximum atomic E-state index is 2.38. The summed E-state index contributed by atoms with van der Waals surface area (Å²) in [4.78, 5) is 0. The van der Waals surface area contributed by atoms with Crippen LogP contribution in [0.5, 0.6) is 0 Å². The van der Waals surface area contributed by atoms with Crippen molar-refractivity contribution in [2.24, 2.45) is 0 Å². The van der Waals surface area contributed by atoms with E-state index in [1.54, 1.807) is 0 Å². The van der Waals surface area contributed by atoms with Gasteiger partial charge in [0.2, 0.25) is 0 Å². The Labute approximate surface area is 197 Å². The van der Waals surface area contributed by atoms with Crippen LogP contribution in [-0.2, 0) is 32.6 Å². The van der Waals surface area contributed by atoms with Crippen molar-refractivity contribution in [2.75, 3.05) is 0 Å². The molecular weight excluding hydrogens is 462 g/mol. The second-order valence-corrected chi connectivity index (χ2v) is 6.75. The molecule has 0 fully saturated rings. The second kappa shape index (κ2) is 9.31. The Morgan fingerprint density at radius 3 is 2.14 bits per heavy atom. The predicted molar refractivity (Wildman–Crippen MR) is 109 cm³/mol. The zero-order chi connectivity index (χ0) is 16.8. The molecule has 0 saturated heterocycles. The zero-order valence-electron chi connectivity index (χ0n) is 15.5. The van der Waals surface area contributed by atoms with E-state index < -0.39 is 0 Å². The summed E-state index contributed by atoms with van der Waals surface area (Å²) in [7, 11) is 0. The Morgan fingerprint density at radius 1 is 0.714 bits per heavy atom. The fourth-order valence-corrected chi connectivity index (χ4v) is 3.95. The minimum atomic E-state index is 0. The summed E-state index contributed by atoms with van der Waals surface area (Å²) >= 11 is 0. The van der Waals surface area contributed by atoms with Crippen molar-refractivity contribution >= 4 is 32.3 Å². The molecule has 5 aromatic rings. The van der Waals surface area contributed by atoms with Gasteiger partial charge in [-0.25, -0.2) is 0 Å². The van der Waals surface area contributed by atoms with Gasteiger partial charge in [0.05, 0.1) is 0 Å². The third-order valence-electron chi connectivity index (χ3n) is 5.24. The first-order chi connectivity index (χ1) is 12.3. The average molecular weight is 482 g/mol. The molecule has 0 aliphatic heterocycles. The van der Waals surface area contributed by atoms with Crippen LogP contribution in [0.3, 0.4) is 0 Å². The van der Waals surface area contributed by atoms with Crippen LogP contribution in [0.1, 0.15) is 12.5 Å². The molecule has 0 heterocycles. The molecule has 0 unspecified atom stereocenters. The molecule has 0 amide bonds. The van der Waals surface area contributed by atoms with Crippen molar-refractivity contribution in [1.82, 2.24) is 0 Å². The topological polar surface area (TPSA) is 0 Å². The quantitative estimate of drug-likeness (QED) is 0.262. The van der Waals surface area contributed by atoms with Crippen molar-refractivity contribution in [1.29, 1.82) is 0 Å². The number of benzene rings is 4. The molecule has 5 rings (SSSR count). The van der Waals surface area contributed by atoms with E-state index >= 15 is 0 Å². The normalized spacial score (nSPS) is 10.3. The van der Waals surface area contributed by atoms with E-state index in [0.717, 1.165) is 6.42 Å². The molecule has 0 spiro atoms. The summed E-state index contributed by atoms with van der Waals surface area (Å²) in [5, 5.41) is 7.96. The molecule has 0 aliphatic carbocycles. The fourth-order valence-electron chi connectivity index (χ4n) is 3.95. The summed E-state index contributed by atoms with van der Waals surface area (Å²) in [6, 6.07) is 31.2. The minimum Gasteiger partial charge on any atom is -1.00 e. The summed E-state index contributed by atoms with van der Waals surface area (Å²) in [5.41, 5.74) is 4.06. The monoisotopic (exact) mass is 479 g/mol. The predicted octanol–water partition coefficient (Wildman–Crippen LogP) is 1.10. The Morgan fingerprint density at radius 2 is 1.39 bits per heavy atom. The van der Waals surface area contributed by atoms with Gasteiger partial charge in [-0.1, -0.05) is 84.8 Å². The third-order valence-corrected chi connectivity index (χ3v) is 5.24. The summed E-state index contributed by atoms with van der Waals surface area (Å²) in [6.07, 6.45) is 1.05. The third kappa shape index (κ3) is 3.81. The van der Waals surface area contributed by atoms with Crippen LogP contribution in [-0.4, -0.2) is 0 Å². The van der Waals surface area contributed by atoms with E-state index in [9.17, 15) is 0 Å². The van der Waals surface area contributed by atoms with Crippen LogP contribution in [0.2, 0.25) is 0 Å². The van der Waals surface area contributed by atoms with Gasteiger partial charge in [0, 0.05) is 0 Å². The molecule has 137 valence electrons. The largest absolute Gasteiger partial charge is 3.00 e. The Kier molecular flexibility index (Phi) is 7.57. The molecule has 3 heteroatoms. The Balaban J connectivity index is 0.000000934. The van der Waals surface area contributed by atoms with E-state index in [2.05, 4.69) is 91.9 Å². The van der Waals surface area contributed by atoms with Crippen LogP contribution in [0, 0.1) is 0 Å². The maximum absolute atomic E-state index is 2.38. The maximum Gasteiger partial charge on any atom is 3.00 e. The average Bonchev–Trinajstić information content (AvgIpc) is 3.11. The molecule has 28 heavy (non-hydrogen) atoms. The van der Waals surface area contributed by atoms with Crippen molar-refractivity contribution in [3.05, 3.63) is 90.5 Å². The SMILES string of the molecule is CCc1cc(-c2cc3ccccc3[cH-]2)c2c(ccc3ccccc32)c1.[Cl-].[Cl-].[Zr+3]. The molecule has 0 aliphatic rings. The van der Waals surface area contributed by atoms with Gasteiger partial charge in [0.25, 0.3) is 0 Å². The second-order valence-electron chi connectivity index (χ2n) is 6.75. The minimum absolute atomic E-state index is 0. The number of hydrogen-bond acceptors (Lipinski definition) is 0. The standard InChI is InChI=1S/C25H19.2ClH.Zr/c1-2-17-13-21-12-11-18-7-5-6-10-23(18)25(21)24(14-17)22-15-19-8-3-4-9-20(19)16-22;;;/h3-16H,2H2,1H3;2*1H;/q-1;;;+3/p-2. The summed E-state index contributed by atoms with van der Waals surface area (Å²) < 4.78 is 0. The Hall–Kier alpha value is -1.53. The molecule has 0 N–H and O–H groups in total. The van der Waals surface area contributed by atoms with E-state index in [1.165, 1.54) is 49.0 Å². The molecule has 0 nitrogen and oxygen atoms in total. The van der Waals surface area contributed by atoms with Gasteiger partial charge in [0.1, 0.15) is 0 Å². The van der Waals surface area contributed by atoms with Gasteiger partial charge in [-0.05, 0) is 28.0 Å². The number of fused-ring (bicyclic) bond motifs is 4. The summed E-state index contributed by atoms with van der Waals surface area (Å²) in [6.45, 7) is 2.23. The van der Waals surface area contributed by atoms with Gasteiger partial charge in [-0.15, -0.1) is 34.5 Å². The van der Waals surface area contributed by atoms with Crippen molar-refractivity contribution in [3.63, 3.8) is 0 Å². The van der Waals surface area contributed by atoms with Crippen LogP contribution >= 0.6 is 0 Å². The number of rotatable bonds is 2. The van der Waals surface area contributed by atoms with E-state index in [0.29, 0.717) is 0 Å². The van der Waals surface area contributed by atoms with E-state index in [4.69, 9.17) is 0 Å². The van der Waals surface area contributed by atoms with E-state index in [1.807, 2.05) is 0 Å². The molecule has 5 aromatic carbocycles. The van der Waals surface area contributed by atoms with Crippen LogP contribution in [0.25, 0.3) is 43.4 Å². The van der Waals surface area contributed by atoms with Gasteiger partial charge in [0.15, 0.2) is 0 Å². The molecule has 1 radical (unpaired) electrons. The molecule has 0 saturated carbocycles. The smallest absolute Gasteiger partial charge is 1.00 e. The Bertz CT molecular complexity index is 1200. The van der Waals surface area contributed by atoms with Crippen molar-refractivity contribution in [2.45, 2.75) is 13.3 Å². The van der Waals surface area contributed by atoms with Gasteiger partial charge < -0.3 is 24.8 Å².